The fraction of sp³-hybridized carbons (Fsp3) is 0.190. The number of aromatic nitrogens is 4. The van der Waals surface area contributed by atoms with Gasteiger partial charge in [-0.3, -0.25) is 0 Å². The van der Waals surface area contributed by atoms with Gasteiger partial charge in [0.1, 0.15) is 23.6 Å². The Morgan fingerprint density at radius 1 is 1.09 bits per heavy atom. The zero-order valence-corrected chi connectivity index (χ0v) is 19.4. The number of ether oxygens (including phenoxy) is 2. The molecular weight excluding hydrogens is 476 g/mol. The van der Waals surface area contributed by atoms with Crippen LogP contribution in [0.25, 0.3) is 11.2 Å². The number of hydrogen-bond donors (Lipinski definition) is 1. The third kappa shape index (κ3) is 4.28. The smallest absolute Gasteiger partial charge is 0.175 e. The summed E-state index contributed by atoms with van der Waals surface area (Å²) in [5.41, 5.74) is 7.43. The maximum absolute atomic E-state index is 14.3. The summed E-state index contributed by atoms with van der Waals surface area (Å²) < 4.78 is 27.0. The Labute approximate surface area is 197 Å². The molecule has 0 amide bonds. The molecule has 7 nitrogen and oxygen atoms in total. The molecule has 0 saturated carbocycles. The minimum atomic E-state index is -0.366. The number of nitrogens with zero attached hydrogens (tertiary/aromatic N) is 4. The third-order valence-corrected chi connectivity index (χ3v) is 6.49. The molecule has 11 heteroatoms. The van der Waals surface area contributed by atoms with E-state index in [9.17, 15) is 4.39 Å². The molecule has 0 aliphatic carbocycles. The lowest BCUT2D eigenvalue weighted by atomic mass is 10.1. The summed E-state index contributed by atoms with van der Waals surface area (Å²) in [5.74, 6) is 0.931. The number of anilines is 1. The molecule has 4 aromatic rings. The van der Waals surface area contributed by atoms with Gasteiger partial charge in [0.25, 0.3) is 0 Å². The van der Waals surface area contributed by atoms with Gasteiger partial charge >= 0.3 is 0 Å². The Bertz CT molecular complexity index is 1280. The average molecular weight is 494 g/mol. The number of methoxy groups -OCH3 is 2. The van der Waals surface area contributed by atoms with E-state index in [1.165, 1.54) is 31.3 Å². The topological polar surface area (TPSA) is 88.1 Å². The van der Waals surface area contributed by atoms with Crippen molar-refractivity contribution in [1.82, 2.24) is 19.5 Å². The van der Waals surface area contributed by atoms with Crippen LogP contribution in [-0.4, -0.2) is 33.7 Å². The molecule has 0 aliphatic heterocycles. The summed E-state index contributed by atoms with van der Waals surface area (Å²) >= 11 is 13.8. The maximum atomic E-state index is 14.3. The number of nitrogen functional groups attached to an aromatic ring is 1. The van der Waals surface area contributed by atoms with Crippen LogP contribution in [0.5, 0.6) is 11.5 Å². The van der Waals surface area contributed by atoms with Crippen molar-refractivity contribution in [3.05, 3.63) is 58.1 Å². The number of benzene rings is 2. The highest BCUT2D eigenvalue weighted by molar-refractivity contribution is 7.99. The molecule has 0 fully saturated rings. The first-order chi connectivity index (χ1) is 15.4. The quantitative estimate of drug-likeness (QED) is 0.375. The van der Waals surface area contributed by atoms with Crippen LogP contribution in [-0.2, 0) is 13.0 Å². The van der Waals surface area contributed by atoms with Gasteiger partial charge < -0.3 is 19.8 Å². The van der Waals surface area contributed by atoms with E-state index in [0.717, 1.165) is 4.90 Å². The van der Waals surface area contributed by atoms with Crippen LogP contribution in [0.15, 0.2) is 46.7 Å². The average Bonchev–Trinajstić information content (AvgIpc) is 3.13. The van der Waals surface area contributed by atoms with E-state index >= 15 is 0 Å². The lowest BCUT2D eigenvalue weighted by molar-refractivity contribution is 0.394. The zero-order valence-electron chi connectivity index (χ0n) is 17.1. The molecule has 2 N–H and O–H groups in total. The van der Waals surface area contributed by atoms with E-state index in [1.54, 1.807) is 31.4 Å². The van der Waals surface area contributed by atoms with Crippen molar-refractivity contribution in [3.8, 4) is 11.5 Å². The van der Waals surface area contributed by atoms with Crippen molar-refractivity contribution in [2.45, 2.75) is 23.0 Å². The van der Waals surface area contributed by atoms with Crippen LogP contribution in [0, 0.1) is 5.82 Å². The van der Waals surface area contributed by atoms with Gasteiger partial charge in [0, 0.05) is 23.2 Å². The first kappa shape index (κ1) is 22.4. The molecule has 0 aliphatic rings. The van der Waals surface area contributed by atoms with Crippen LogP contribution in [0.4, 0.5) is 10.2 Å². The lowest BCUT2D eigenvalue weighted by Crippen LogP contribution is -2.06. The fourth-order valence-corrected chi connectivity index (χ4v) is 4.74. The van der Waals surface area contributed by atoms with Crippen LogP contribution < -0.4 is 15.2 Å². The molecule has 0 spiro atoms. The molecule has 4 rings (SSSR count). The normalized spacial score (nSPS) is 11.2. The first-order valence-corrected chi connectivity index (χ1v) is 11.0. The van der Waals surface area contributed by atoms with Crippen molar-refractivity contribution < 1.29 is 13.9 Å². The predicted octanol–water partition coefficient (Wildman–Crippen LogP) is 5.27. The largest absolute Gasteiger partial charge is 0.496 e. The second kappa shape index (κ2) is 9.40. The molecule has 166 valence electrons. The molecule has 2 heterocycles. The van der Waals surface area contributed by atoms with Crippen molar-refractivity contribution in [2.24, 2.45) is 0 Å². The maximum Gasteiger partial charge on any atom is 0.175 e. The second-order valence-electron chi connectivity index (χ2n) is 6.67. The summed E-state index contributed by atoms with van der Waals surface area (Å²) in [6.07, 6.45) is 1.70. The number of imidazole rings is 1. The zero-order chi connectivity index (χ0) is 22.8. The minimum Gasteiger partial charge on any atom is -0.496 e. The van der Waals surface area contributed by atoms with E-state index in [-0.39, 0.29) is 11.6 Å². The number of aryl methyl sites for hydroxylation is 1. The summed E-state index contributed by atoms with van der Waals surface area (Å²) in [4.78, 5) is 13.7. The molecule has 0 atom stereocenters. The van der Waals surface area contributed by atoms with Gasteiger partial charge in [0.15, 0.2) is 22.1 Å². The molecule has 0 unspecified atom stereocenters. The van der Waals surface area contributed by atoms with Gasteiger partial charge in [-0.05, 0) is 36.4 Å². The SMILES string of the molecule is COc1cc(Sc2nc3c(N)ncnc3n2CCc2c(F)cccc2Cl)c(OC)cc1Cl. The number of fused-ring (bicyclic) bond motifs is 1. The molecule has 0 radical (unpaired) electrons. The molecule has 32 heavy (non-hydrogen) atoms. The first-order valence-electron chi connectivity index (χ1n) is 9.42. The standard InChI is InChI=1S/C21H18Cl2FN5O2S/c1-30-15-9-17(16(31-2)8-13(15)23)32-21-28-18-19(25)26-10-27-20(18)29(21)7-6-11-12(22)4-3-5-14(11)24/h3-5,8-10H,6-7H2,1-2H3,(H2,25,26,27). The van der Waals surface area contributed by atoms with Gasteiger partial charge in [-0.25, -0.2) is 19.3 Å². The summed E-state index contributed by atoms with van der Waals surface area (Å²) in [6, 6.07) is 8.05. The van der Waals surface area contributed by atoms with Gasteiger partial charge in [-0.1, -0.05) is 29.3 Å². The highest BCUT2D eigenvalue weighted by Crippen LogP contribution is 2.41. The fourth-order valence-electron chi connectivity index (χ4n) is 3.22. The second-order valence-corrected chi connectivity index (χ2v) is 8.49. The third-order valence-electron chi connectivity index (χ3n) is 4.81. The van der Waals surface area contributed by atoms with Gasteiger partial charge in [-0.2, -0.15) is 0 Å². The molecule has 0 bridgehead atoms. The van der Waals surface area contributed by atoms with Crippen LogP contribution in [0.2, 0.25) is 10.0 Å². The summed E-state index contributed by atoms with van der Waals surface area (Å²) in [6.45, 7) is 0.364. The van der Waals surface area contributed by atoms with Crippen LogP contribution >= 0.6 is 35.0 Å². The Balaban J connectivity index is 1.78. The predicted molar refractivity (Wildman–Crippen MR) is 124 cm³/mol. The van der Waals surface area contributed by atoms with Gasteiger partial charge in [-0.15, -0.1) is 0 Å². The Kier molecular flexibility index (Phi) is 6.59. The van der Waals surface area contributed by atoms with Crippen LogP contribution in [0.3, 0.4) is 0 Å². The molecule has 2 aromatic carbocycles. The van der Waals surface area contributed by atoms with Crippen LogP contribution in [0.1, 0.15) is 5.56 Å². The number of halogens is 3. The number of hydrogen-bond acceptors (Lipinski definition) is 7. The van der Waals surface area contributed by atoms with Crippen molar-refractivity contribution in [2.75, 3.05) is 20.0 Å². The molecule has 2 aromatic heterocycles. The van der Waals surface area contributed by atoms with E-state index in [4.69, 9.17) is 38.4 Å². The van der Waals surface area contributed by atoms with E-state index < -0.39 is 0 Å². The van der Waals surface area contributed by atoms with Crippen molar-refractivity contribution >= 4 is 51.9 Å². The highest BCUT2D eigenvalue weighted by Gasteiger charge is 2.20. The number of rotatable bonds is 7. The number of nitrogens with two attached hydrogens (primary N) is 1. The summed E-state index contributed by atoms with van der Waals surface area (Å²) in [7, 11) is 3.08. The highest BCUT2D eigenvalue weighted by atomic mass is 35.5. The van der Waals surface area contributed by atoms with Crippen molar-refractivity contribution in [3.63, 3.8) is 0 Å². The Morgan fingerprint density at radius 3 is 2.59 bits per heavy atom. The monoisotopic (exact) mass is 493 g/mol. The van der Waals surface area contributed by atoms with Crippen molar-refractivity contribution in [1.29, 1.82) is 0 Å². The molecule has 0 saturated heterocycles. The minimum absolute atomic E-state index is 0.250. The lowest BCUT2D eigenvalue weighted by Gasteiger charge is -2.13. The van der Waals surface area contributed by atoms with E-state index in [2.05, 4.69) is 15.0 Å². The molecular formula is C21H18Cl2FN5O2S. The van der Waals surface area contributed by atoms with E-state index in [0.29, 0.717) is 56.4 Å². The Morgan fingerprint density at radius 2 is 1.88 bits per heavy atom. The van der Waals surface area contributed by atoms with Gasteiger partial charge in [0.2, 0.25) is 0 Å². The summed E-state index contributed by atoms with van der Waals surface area (Å²) in [5, 5.41) is 1.36. The van der Waals surface area contributed by atoms with Gasteiger partial charge in [0.05, 0.1) is 24.1 Å². The van der Waals surface area contributed by atoms with E-state index in [1.807, 2.05) is 4.57 Å². The Hall–Kier alpha value is -2.75.